The molecule has 1 rings (SSSR count). The molecule has 0 aliphatic carbocycles. The standard InChI is InChI=1S/C11H17NO.C2H5NO2.HI/c1-9-5-6-11(13)10(7-9)8-12(2,3)4;1-3-2(4)5;/h5-7H,8H2,1-4H3;3H,1H3,(H,4,5);1H. The lowest BCUT2D eigenvalue weighted by atomic mass is 10.1. The van der Waals surface area contributed by atoms with Crippen molar-refractivity contribution in [3.63, 3.8) is 0 Å². The van der Waals surface area contributed by atoms with Crippen molar-refractivity contribution in [3.05, 3.63) is 29.3 Å². The molecule has 0 atom stereocenters. The van der Waals surface area contributed by atoms with Crippen LogP contribution in [0.15, 0.2) is 18.2 Å². The Morgan fingerprint density at radius 3 is 2.21 bits per heavy atom. The van der Waals surface area contributed by atoms with E-state index in [1.165, 1.54) is 12.6 Å². The van der Waals surface area contributed by atoms with Gasteiger partial charge in [-0.05, 0) is 19.1 Å². The smallest absolute Gasteiger partial charge is 0.133 e. The van der Waals surface area contributed by atoms with Gasteiger partial charge in [-0.2, -0.15) is 0 Å². The number of nitrogens with zero attached hydrogens (tertiary/aromatic N) is 1. The van der Waals surface area contributed by atoms with Gasteiger partial charge in [-0.15, -0.1) is 24.0 Å². The molecule has 0 aromatic heterocycles. The van der Waals surface area contributed by atoms with Gasteiger partial charge < -0.3 is 24.8 Å². The molecule has 5 nitrogen and oxygen atoms in total. The van der Waals surface area contributed by atoms with Crippen molar-refractivity contribution in [3.8, 4) is 5.75 Å². The van der Waals surface area contributed by atoms with Crippen LogP contribution < -0.4 is 10.4 Å². The first-order chi connectivity index (χ1) is 8.15. The first-order valence-corrected chi connectivity index (χ1v) is 5.63. The Labute approximate surface area is 131 Å². The van der Waals surface area contributed by atoms with Crippen molar-refractivity contribution in [2.24, 2.45) is 0 Å². The van der Waals surface area contributed by atoms with E-state index in [0.717, 1.165) is 16.6 Å². The number of carboxylic acid groups (broad SMARTS) is 1. The zero-order valence-electron chi connectivity index (χ0n) is 12.1. The fraction of sp³-hybridized carbons (Fsp3) is 0.462. The summed E-state index contributed by atoms with van der Waals surface area (Å²) in [6.07, 6.45) is -1.25. The van der Waals surface area contributed by atoms with Crippen molar-refractivity contribution in [1.29, 1.82) is 0 Å². The number of hydrogen-bond donors (Lipinski definition) is 2. The average Bonchev–Trinajstić information content (AvgIpc) is 2.22. The molecule has 1 amide bonds. The molecule has 0 aliphatic rings. The largest absolute Gasteiger partial charge is 0.530 e. The Balaban J connectivity index is 0. The first-order valence-electron chi connectivity index (χ1n) is 5.63. The lowest BCUT2D eigenvalue weighted by Crippen LogP contribution is -2.33. The summed E-state index contributed by atoms with van der Waals surface area (Å²) in [5.74, 6) is 0.402. The normalized spacial score (nSPS) is 9.74. The summed E-state index contributed by atoms with van der Waals surface area (Å²) in [5.41, 5.74) is 2.22. The minimum Gasteiger partial charge on any atom is -0.530 e. The average molecular weight is 382 g/mol. The van der Waals surface area contributed by atoms with Gasteiger partial charge >= 0.3 is 0 Å². The zero-order chi connectivity index (χ0) is 14.3. The molecule has 0 heterocycles. The molecule has 110 valence electrons. The van der Waals surface area contributed by atoms with Gasteiger partial charge in [0.1, 0.15) is 18.4 Å². The second-order valence-corrected chi connectivity index (χ2v) is 5.12. The van der Waals surface area contributed by atoms with E-state index in [0.29, 0.717) is 5.75 Å². The maximum atomic E-state index is 9.59. The van der Waals surface area contributed by atoms with Crippen LogP contribution in [-0.2, 0) is 6.54 Å². The summed E-state index contributed by atoms with van der Waals surface area (Å²) >= 11 is 0. The van der Waals surface area contributed by atoms with Gasteiger partial charge in [0.2, 0.25) is 0 Å². The van der Waals surface area contributed by atoms with Crippen molar-refractivity contribution in [1.82, 2.24) is 5.32 Å². The maximum absolute atomic E-state index is 9.59. The van der Waals surface area contributed by atoms with Crippen molar-refractivity contribution >= 4 is 30.1 Å². The second kappa shape index (κ2) is 8.98. The van der Waals surface area contributed by atoms with Crippen LogP contribution in [0.2, 0.25) is 0 Å². The topological polar surface area (TPSA) is 72.4 Å². The molecule has 0 saturated heterocycles. The fourth-order valence-corrected chi connectivity index (χ4v) is 1.35. The van der Waals surface area contributed by atoms with Gasteiger partial charge in [-0.25, -0.2) is 0 Å². The van der Waals surface area contributed by atoms with Crippen LogP contribution in [0.5, 0.6) is 5.75 Å². The molecular formula is C13H23IN2O3. The molecule has 1 aromatic rings. The summed E-state index contributed by atoms with van der Waals surface area (Å²) in [4.78, 5) is 9.15. The summed E-state index contributed by atoms with van der Waals surface area (Å²) in [6, 6.07) is 5.73. The van der Waals surface area contributed by atoms with Crippen molar-refractivity contribution in [2.75, 3.05) is 28.2 Å². The highest BCUT2D eigenvalue weighted by Crippen LogP contribution is 2.20. The van der Waals surface area contributed by atoms with Crippen LogP contribution in [0.1, 0.15) is 11.1 Å². The molecule has 0 bridgehead atoms. The Bertz CT molecular complexity index is 403. The van der Waals surface area contributed by atoms with Crippen molar-refractivity contribution < 1.29 is 19.5 Å². The Kier molecular flexibility index (Phi) is 9.59. The third kappa shape index (κ3) is 10.6. The number of amides is 1. The molecule has 0 fully saturated rings. The van der Waals surface area contributed by atoms with Gasteiger partial charge in [0.05, 0.1) is 21.1 Å². The number of benzene rings is 1. The van der Waals surface area contributed by atoms with Crippen LogP contribution >= 0.6 is 24.0 Å². The van der Waals surface area contributed by atoms with Crippen LogP contribution in [-0.4, -0.2) is 43.9 Å². The summed E-state index contributed by atoms with van der Waals surface area (Å²) < 4.78 is 0.830. The molecule has 0 radical (unpaired) electrons. The first kappa shape index (κ1) is 20.3. The number of carbonyl (C=O) groups is 1. The number of phenols is 1. The Morgan fingerprint density at radius 2 is 1.84 bits per heavy atom. The van der Waals surface area contributed by atoms with Gasteiger partial charge in [0.25, 0.3) is 0 Å². The highest BCUT2D eigenvalue weighted by Gasteiger charge is 2.11. The molecule has 19 heavy (non-hydrogen) atoms. The monoisotopic (exact) mass is 382 g/mol. The van der Waals surface area contributed by atoms with E-state index < -0.39 is 6.09 Å². The summed E-state index contributed by atoms with van der Waals surface area (Å²) in [6.45, 7) is 2.89. The molecule has 2 N–H and O–H groups in total. The maximum Gasteiger partial charge on any atom is 0.133 e. The Morgan fingerprint density at radius 1 is 1.37 bits per heavy atom. The fourth-order valence-electron chi connectivity index (χ4n) is 1.35. The summed E-state index contributed by atoms with van der Waals surface area (Å²) in [5, 5.41) is 20.6. The third-order valence-electron chi connectivity index (χ3n) is 2.08. The number of aryl methyl sites for hydroxylation is 1. The number of carbonyl (C=O) groups excluding carboxylic acids is 1. The van der Waals surface area contributed by atoms with E-state index in [2.05, 4.69) is 21.1 Å². The lowest BCUT2D eigenvalue weighted by Gasteiger charge is -2.24. The van der Waals surface area contributed by atoms with Crippen LogP contribution in [0.4, 0.5) is 4.79 Å². The quantitative estimate of drug-likeness (QED) is 0.594. The van der Waals surface area contributed by atoms with Crippen LogP contribution in [0, 0.1) is 6.92 Å². The lowest BCUT2D eigenvalue weighted by molar-refractivity contribution is -0.884. The minimum atomic E-state index is -1.25. The molecule has 0 unspecified atom stereocenters. The van der Waals surface area contributed by atoms with Gasteiger partial charge in [-0.3, -0.25) is 0 Å². The molecular weight excluding hydrogens is 359 g/mol. The molecule has 0 saturated carbocycles. The van der Waals surface area contributed by atoms with Crippen LogP contribution in [0.25, 0.3) is 0 Å². The summed E-state index contributed by atoms with van der Waals surface area (Å²) in [7, 11) is 7.63. The zero-order valence-corrected chi connectivity index (χ0v) is 14.4. The highest BCUT2D eigenvalue weighted by atomic mass is 127. The van der Waals surface area contributed by atoms with E-state index in [-0.39, 0.29) is 24.0 Å². The number of quaternary nitrogens is 1. The number of nitrogens with one attached hydrogen (secondary N) is 1. The molecule has 6 heteroatoms. The number of halogens is 1. The molecule has 1 aromatic carbocycles. The Hall–Kier alpha value is -1.02. The van der Waals surface area contributed by atoms with Crippen molar-refractivity contribution in [2.45, 2.75) is 13.5 Å². The molecule has 0 aliphatic heterocycles. The number of hydrogen-bond acceptors (Lipinski definition) is 3. The minimum absolute atomic E-state index is 0. The van der Waals surface area contributed by atoms with E-state index in [4.69, 9.17) is 9.90 Å². The van der Waals surface area contributed by atoms with Crippen LogP contribution in [0.3, 0.4) is 0 Å². The predicted octanol–water partition coefficient (Wildman–Crippen LogP) is 1.07. The highest BCUT2D eigenvalue weighted by molar-refractivity contribution is 14.0. The second-order valence-electron chi connectivity index (χ2n) is 5.12. The number of phenolic OH excluding ortho intramolecular Hbond substituents is 1. The van der Waals surface area contributed by atoms with E-state index in [1.54, 1.807) is 6.07 Å². The number of rotatable bonds is 2. The van der Waals surface area contributed by atoms with Gasteiger partial charge in [-0.1, -0.05) is 11.6 Å². The third-order valence-corrected chi connectivity index (χ3v) is 2.08. The van der Waals surface area contributed by atoms with E-state index >= 15 is 0 Å². The van der Waals surface area contributed by atoms with Gasteiger partial charge in [0, 0.05) is 12.6 Å². The predicted molar refractivity (Wildman–Crippen MR) is 84.5 cm³/mol. The molecule has 0 spiro atoms. The van der Waals surface area contributed by atoms with Gasteiger partial charge in [0.15, 0.2) is 0 Å². The SMILES string of the molecule is CNC(=O)[O-].Cc1ccc(O)c(C[N+](C)(C)C)c1.I. The number of aromatic hydroxyl groups is 1. The van der Waals surface area contributed by atoms with E-state index in [9.17, 15) is 5.11 Å². The van der Waals surface area contributed by atoms with E-state index in [1.807, 2.05) is 24.4 Å².